The van der Waals surface area contributed by atoms with Crippen molar-refractivity contribution in [3.8, 4) is 0 Å². The van der Waals surface area contributed by atoms with Crippen LogP contribution in [0, 0.1) is 11.3 Å². The molecule has 2 heteroatoms. The minimum absolute atomic E-state index is 0.350. The first-order valence-corrected chi connectivity index (χ1v) is 7.76. The molecule has 0 radical (unpaired) electrons. The lowest BCUT2D eigenvalue weighted by atomic mass is 9.50. The lowest BCUT2D eigenvalue weighted by Crippen LogP contribution is -2.61. The minimum atomic E-state index is 0.350. The highest BCUT2D eigenvalue weighted by atomic mass is 79.9. The van der Waals surface area contributed by atoms with E-state index in [1.54, 1.807) is 0 Å². The predicted molar refractivity (Wildman–Crippen MR) is 81.9 cm³/mol. The molecule has 1 fully saturated rings. The van der Waals surface area contributed by atoms with Gasteiger partial charge >= 0.3 is 0 Å². The molecule has 1 aromatic rings. The van der Waals surface area contributed by atoms with Gasteiger partial charge in [-0.25, -0.2) is 0 Å². The lowest BCUT2D eigenvalue weighted by molar-refractivity contribution is 0.000578. The van der Waals surface area contributed by atoms with Crippen LogP contribution < -0.4 is 5.32 Å². The Labute approximate surface area is 119 Å². The highest BCUT2D eigenvalue weighted by Crippen LogP contribution is 2.56. The van der Waals surface area contributed by atoms with Crippen LogP contribution in [0.4, 0.5) is 0 Å². The number of benzene rings is 1. The number of halogens is 1. The Hall–Kier alpha value is -0.340. The Morgan fingerprint density at radius 2 is 1.83 bits per heavy atom. The highest BCUT2D eigenvalue weighted by molar-refractivity contribution is 9.10. The lowest BCUT2D eigenvalue weighted by Gasteiger charge is -2.58. The predicted octanol–water partition coefficient (Wildman–Crippen LogP) is 4.58. The van der Waals surface area contributed by atoms with Gasteiger partial charge in [0.15, 0.2) is 0 Å². The molecule has 18 heavy (non-hydrogen) atoms. The van der Waals surface area contributed by atoms with E-state index in [1.165, 1.54) is 12.0 Å². The van der Waals surface area contributed by atoms with Gasteiger partial charge < -0.3 is 5.32 Å². The first kappa shape index (κ1) is 14.1. The molecule has 1 nitrogen and oxygen atoms in total. The summed E-state index contributed by atoms with van der Waals surface area (Å²) in [7, 11) is 0. The van der Waals surface area contributed by atoms with Crippen LogP contribution in [0.3, 0.4) is 0 Å². The smallest absolute Gasteiger partial charge is 0.0175 e. The van der Waals surface area contributed by atoms with Crippen LogP contribution in [0.15, 0.2) is 28.7 Å². The first-order valence-electron chi connectivity index (χ1n) is 6.97. The maximum absolute atomic E-state index is 3.71. The zero-order valence-electron chi connectivity index (χ0n) is 11.8. The third kappa shape index (κ3) is 2.37. The zero-order valence-corrected chi connectivity index (χ0v) is 13.4. The van der Waals surface area contributed by atoms with Gasteiger partial charge in [0.2, 0.25) is 0 Å². The quantitative estimate of drug-likeness (QED) is 0.858. The normalized spacial score (nSPS) is 29.9. The molecule has 3 atom stereocenters. The molecule has 0 bridgehead atoms. The Morgan fingerprint density at radius 1 is 1.22 bits per heavy atom. The Balaban J connectivity index is 2.14. The Bertz CT molecular complexity index is 396. The van der Waals surface area contributed by atoms with Crippen LogP contribution in [0.5, 0.6) is 0 Å². The van der Waals surface area contributed by atoms with Gasteiger partial charge in [0.05, 0.1) is 0 Å². The molecule has 1 aromatic carbocycles. The van der Waals surface area contributed by atoms with Crippen molar-refractivity contribution in [3.05, 3.63) is 34.3 Å². The van der Waals surface area contributed by atoms with Crippen molar-refractivity contribution in [1.82, 2.24) is 5.32 Å². The molecule has 1 aliphatic carbocycles. The molecule has 2 rings (SSSR count). The molecule has 0 aromatic heterocycles. The molecule has 0 heterocycles. The third-order valence-corrected chi connectivity index (χ3v) is 5.03. The average molecular weight is 310 g/mol. The molecule has 100 valence electrons. The van der Waals surface area contributed by atoms with Gasteiger partial charge in [0, 0.05) is 10.5 Å². The Morgan fingerprint density at radius 3 is 2.33 bits per heavy atom. The molecule has 0 aliphatic heterocycles. The monoisotopic (exact) mass is 309 g/mol. The van der Waals surface area contributed by atoms with Crippen LogP contribution in [-0.4, -0.2) is 12.6 Å². The summed E-state index contributed by atoms with van der Waals surface area (Å²) in [5, 5.41) is 3.71. The van der Waals surface area contributed by atoms with Gasteiger partial charge in [-0.05, 0) is 47.9 Å². The number of hydrogen-bond acceptors (Lipinski definition) is 1. The summed E-state index contributed by atoms with van der Waals surface area (Å²) in [5.74, 6) is 1.38. The average Bonchev–Trinajstić information content (AvgIpc) is 2.32. The van der Waals surface area contributed by atoms with Crippen LogP contribution in [0.25, 0.3) is 0 Å². The number of hydrogen-bond donors (Lipinski definition) is 1. The fourth-order valence-electron chi connectivity index (χ4n) is 3.77. The largest absolute Gasteiger partial charge is 0.313 e. The van der Waals surface area contributed by atoms with Crippen molar-refractivity contribution in [2.75, 3.05) is 6.54 Å². The van der Waals surface area contributed by atoms with Gasteiger partial charge in [-0.3, -0.25) is 0 Å². The first-order chi connectivity index (χ1) is 8.48. The Kier molecular flexibility index (Phi) is 4.18. The topological polar surface area (TPSA) is 12.0 Å². The summed E-state index contributed by atoms with van der Waals surface area (Å²) in [6, 6.07) is 9.49. The summed E-state index contributed by atoms with van der Waals surface area (Å²) in [4.78, 5) is 0. The van der Waals surface area contributed by atoms with E-state index in [1.807, 2.05) is 0 Å². The SMILES string of the molecule is CCCNC1C(C)C(c2ccc(Br)cc2)C1(C)C. The van der Waals surface area contributed by atoms with Crippen LogP contribution >= 0.6 is 15.9 Å². The van der Waals surface area contributed by atoms with Crippen molar-refractivity contribution in [1.29, 1.82) is 0 Å². The summed E-state index contributed by atoms with van der Waals surface area (Å²) < 4.78 is 1.16. The van der Waals surface area contributed by atoms with Crippen LogP contribution in [0.2, 0.25) is 0 Å². The summed E-state index contributed by atoms with van der Waals surface area (Å²) in [6.07, 6.45) is 1.21. The molecule has 3 unspecified atom stereocenters. The minimum Gasteiger partial charge on any atom is -0.313 e. The molecule has 0 spiro atoms. The molecular weight excluding hydrogens is 286 g/mol. The van der Waals surface area contributed by atoms with E-state index in [9.17, 15) is 0 Å². The van der Waals surface area contributed by atoms with Gasteiger partial charge in [0.25, 0.3) is 0 Å². The van der Waals surface area contributed by atoms with Crippen LogP contribution in [-0.2, 0) is 0 Å². The van der Waals surface area contributed by atoms with Gasteiger partial charge in [0.1, 0.15) is 0 Å². The summed E-state index contributed by atoms with van der Waals surface area (Å²) >= 11 is 3.51. The van der Waals surface area contributed by atoms with E-state index in [4.69, 9.17) is 0 Å². The third-order valence-electron chi connectivity index (χ3n) is 4.50. The van der Waals surface area contributed by atoms with Crippen molar-refractivity contribution in [2.45, 2.75) is 46.1 Å². The molecule has 1 N–H and O–H groups in total. The summed E-state index contributed by atoms with van der Waals surface area (Å²) in [5.41, 5.74) is 1.83. The standard InChI is InChI=1S/C16H24BrN/c1-5-10-18-15-11(2)14(16(15,3)4)12-6-8-13(17)9-7-12/h6-9,11,14-15,18H,5,10H2,1-4H3. The van der Waals surface area contributed by atoms with Crippen molar-refractivity contribution in [3.63, 3.8) is 0 Å². The van der Waals surface area contributed by atoms with Crippen LogP contribution in [0.1, 0.15) is 45.6 Å². The molecule has 0 amide bonds. The van der Waals surface area contributed by atoms with Gasteiger partial charge in [-0.2, -0.15) is 0 Å². The van der Waals surface area contributed by atoms with Crippen molar-refractivity contribution in [2.24, 2.45) is 11.3 Å². The van der Waals surface area contributed by atoms with E-state index < -0.39 is 0 Å². The second kappa shape index (κ2) is 5.34. The van der Waals surface area contributed by atoms with Crippen molar-refractivity contribution >= 4 is 15.9 Å². The maximum atomic E-state index is 3.71. The second-order valence-corrected chi connectivity index (χ2v) is 7.06. The van der Waals surface area contributed by atoms with E-state index in [0.29, 0.717) is 23.3 Å². The molecule has 1 aliphatic rings. The van der Waals surface area contributed by atoms with Gasteiger partial charge in [-0.15, -0.1) is 0 Å². The van der Waals surface area contributed by atoms with E-state index in [0.717, 1.165) is 11.0 Å². The highest BCUT2D eigenvalue weighted by Gasteiger charge is 2.53. The second-order valence-electron chi connectivity index (χ2n) is 6.14. The summed E-state index contributed by atoms with van der Waals surface area (Å²) in [6.45, 7) is 10.5. The van der Waals surface area contributed by atoms with E-state index in [2.05, 4.69) is 73.2 Å². The van der Waals surface area contributed by atoms with Crippen molar-refractivity contribution < 1.29 is 0 Å². The molecule has 0 saturated heterocycles. The molecule has 1 saturated carbocycles. The van der Waals surface area contributed by atoms with E-state index >= 15 is 0 Å². The number of nitrogens with one attached hydrogen (secondary N) is 1. The fraction of sp³-hybridized carbons (Fsp3) is 0.625. The number of rotatable bonds is 4. The van der Waals surface area contributed by atoms with Gasteiger partial charge in [-0.1, -0.05) is 55.8 Å². The fourth-order valence-corrected chi connectivity index (χ4v) is 4.04. The molecular formula is C16H24BrN. The maximum Gasteiger partial charge on any atom is 0.0175 e. The van der Waals surface area contributed by atoms with E-state index in [-0.39, 0.29) is 0 Å². The zero-order chi connectivity index (χ0) is 13.3.